The van der Waals surface area contributed by atoms with E-state index in [9.17, 15) is 14.9 Å². The lowest BCUT2D eigenvalue weighted by Crippen LogP contribution is -2.27. The second-order valence-electron chi connectivity index (χ2n) is 4.23. The van der Waals surface area contributed by atoms with E-state index in [-0.39, 0.29) is 16.3 Å². The highest BCUT2D eigenvalue weighted by molar-refractivity contribution is 14.1. The van der Waals surface area contributed by atoms with Gasteiger partial charge in [-0.05, 0) is 46.9 Å². The van der Waals surface area contributed by atoms with Crippen LogP contribution < -0.4 is 4.90 Å². The lowest BCUT2D eigenvalue weighted by molar-refractivity contribution is -0.385. The molecule has 0 aromatic heterocycles. The number of halogens is 2. The molecule has 2 rings (SSSR count). The van der Waals surface area contributed by atoms with Crippen LogP contribution in [-0.4, -0.2) is 17.9 Å². The minimum Gasteiger partial charge on any atom is -0.310 e. The van der Waals surface area contributed by atoms with Crippen molar-refractivity contribution in [3.8, 4) is 0 Å². The van der Waals surface area contributed by atoms with Crippen LogP contribution in [-0.2, 0) is 0 Å². The Bertz CT molecular complexity index is 721. The molecule has 7 heteroatoms. The SMILES string of the molecule is CN(C(=O)c1cc(Cl)ccc1[N+](=O)[O-])c1ccccc1I. The first-order valence-electron chi connectivity index (χ1n) is 5.88. The molecule has 0 aliphatic heterocycles. The van der Waals surface area contributed by atoms with Gasteiger partial charge in [-0.1, -0.05) is 23.7 Å². The number of anilines is 1. The average Bonchev–Trinajstić information content (AvgIpc) is 2.45. The lowest BCUT2D eigenvalue weighted by atomic mass is 10.1. The Morgan fingerprint density at radius 2 is 1.95 bits per heavy atom. The number of nitro benzene ring substituents is 1. The van der Waals surface area contributed by atoms with Crippen LogP contribution in [0.3, 0.4) is 0 Å². The predicted molar refractivity (Wildman–Crippen MR) is 90.0 cm³/mol. The van der Waals surface area contributed by atoms with Gasteiger partial charge in [0.15, 0.2) is 0 Å². The van der Waals surface area contributed by atoms with E-state index in [1.54, 1.807) is 19.2 Å². The normalized spacial score (nSPS) is 10.2. The Morgan fingerprint density at radius 1 is 1.29 bits per heavy atom. The van der Waals surface area contributed by atoms with Gasteiger partial charge in [0.1, 0.15) is 5.56 Å². The third kappa shape index (κ3) is 3.33. The van der Waals surface area contributed by atoms with Crippen molar-refractivity contribution in [2.45, 2.75) is 0 Å². The zero-order valence-electron chi connectivity index (χ0n) is 10.9. The van der Waals surface area contributed by atoms with Crippen LogP contribution in [0.4, 0.5) is 11.4 Å². The van der Waals surface area contributed by atoms with E-state index >= 15 is 0 Å². The van der Waals surface area contributed by atoms with E-state index in [1.807, 2.05) is 12.1 Å². The van der Waals surface area contributed by atoms with Crippen LogP contribution in [0.25, 0.3) is 0 Å². The molecule has 1 amide bonds. The maximum atomic E-state index is 12.5. The molecular formula is C14H10ClIN2O3. The molecule has 0 spiro atoms. The summed E-state index contributed by atoms with van der Waals surface area (Å²) in [5.41, 5.74) is 0.384. The fraction of sp³-hybridized carbons (Fsp3) is 0.0714. The maximum Gasteiger partial charge on any atom is 0.282 e. The summed E-state index contributed by atoms with van der Waals surface area (Å²) in [6.07, 6.45) is 0. The van der Waals surface area contributed by atoms with E-state index in [2.05, 4.69) is 22.6 Å². The third-order valence-electron chi connectivity index (χ3n) is 2.90. The molecule has 2 aromatic rings. The van der Waals surface area contributed by atoms with E-state index in [0.29, 0.717) is 5.69 Å². The number of benzene rings is 2. The molecule has 5 nitrogen and oxygen atoms in total. The number of rotatable bonds is 3. The van der Waals surface area contributed by atoms with Gasteiger partial charge in [-0.25, -0.2) is 0 Å². The van der Waals surface area contributed by atoms with Gasteiger partial charge in [-0.2, -0.15) is 0 Å². The van der Waals surface area contributed by atoms with Crippen LogP contribution in [0.15, 0.2) is 42.5 Å². The quantitative estimate of drug-likeness (QED) is 0.429. The summed E-state index contributed by atoms with van der Waals surface area (Å²) in [6, 6.07) is 11.2. The summed E-state index contributed by atoms with van der Waals surface area (Å²) in [7, 11) is 1.57. The Labute approximate surface area is 139 Å². The van der Waals surface area contributed by atoms with Crippen LogP contribution in [0.2, 0.25) is 5.02 Å². The van der Waals surface area contributed by atoms with Crippen molar-refractivity contribution in [3.05, 3.63) is 66.7 Å². The summed E-state index contributed by atoms with van der Waals surface area (Å²) in [6.45, 7) is 0. The van der Waals surface area contributed by atoms with Crippen molar-refractivity contribution in [1.82, 2.24) is 0 Å². The van der Waals surface area contributed by atoms with E-state index in [0.717, 1.165) is 3.57 Å². The number of hydrogen-bond acceptors (Lipinski definition) is 3. The predicted octanol–water partition coefficient (Wildman–Crippen LogP) is 4.13. The first-order chi connectivity index (χ1) is 9.91. The monoisotopic (exact) mass is 416 g/mol. The Hall–Kier alpha value is -1.67. The lowest BCUT2D eigenvalue weighted by Gasteiger charge is -2.18. The van der Waals surface area contributed by atoms with Crippen molar-refractivity contribution in [2.24, 2.45) is 0 Å². The van der Waals surface area contributed by atoms with Crippen molar-refractivity contribution in [2.75, 3.05) is 11.9 Å². The molecule has 2 aromatic carbocycles. The highest BCUT2D eigenvalue weighted by Gasteiger charge is 2.24. The van der Waals surface area contributed by atoms with Gasteiger partial charge in [0.2, 0.25) is 0 Å². The summed E-state index contributed by atoms with van der Waals surface area (Å²) in [5.74, 6) is -0.478. The molecule has 21 heavy (non-hydrogen) atoms. The molecule has 0 fully saturated rings. The molecule has 0 aliphatic rings. The zero-order valence-corrected chi connectivity index (χ0v) is 13.8. The minimum absolute atomic E-state index is 0.0327. The molecule has 0 radical (unpaired) electrons. The summed E-state index contributed by atoms with van der Waals surface area (Å²) in [4.78, 5) is 24.4. The van der Waals surface area contributed by atoms with Crippen LogP contribution >= 0.6 is 34.2 Å². The number of nitro groups is 1. The Morgan fingerprint density at radius 3 is 2.57 bits per heavy atom. The second kappa shape index (κ2) is 6.40. The molecule has 0 unspecified atom stereocenters. The van der Waals surface area contributed by atoms with Gasteiger partial charge < -0.3 is 4.90 Å². The largest absolute Gasteiger partial charge is 0.310 e. The molecule has 0 saturated carbocycles. The fourth-order valence-corrected chi connectivity index (χ4v) is 2.77. The Balaban J connectivity index is 2.47. The topological polar surface area (TPSA) is 63.5 Å². The minimum atomic E-state index is -0.590. The first-order valence-corrected chi connectivity index (χ1v) is 7.34. The average molecular weight is 417 g/mol. The van der Waals surface area contributed by atoms with Crippen LogP contribution in [0.5, 0.6) is 0 Å². The third-order valence-corrected chi connectivity index (χ3v) is 4.05. The standard InChI is InChI=1S/C14H10ClIN2O3/c1-17(13-5-3-2-4-11(13)16)14(19)10-8-9(15)6-7-12(10)18(20)21/h2-8H,1H3. The fourth-order valence-electron chi connectivity index (χ4n) is 1.85. The molecule has 0 N–H and O–H groups in total. The maximum absolute atomic E-state index is 12.5. The molecule has 0 bridgehead atoms. The van der Waals surface area contributed by atoms with Gasteiger partial charge in [0.25, 0.3) is 11.6 Å². The second-order valence-corrected chi connectivity index (χ2v) is 5.83. The van der Waals surface area contributed by atoms with Crippen LogP contribution in [0.1, 0.15) is 10.4 Å². The molecule has 108 valence electrons. The molecule has 0 atom stereocenters. The highest BCUT2D eigenvalue weighted by atomic mass is 127. The molecule has 0 heterocycles. The molecule has 0 saturated heterocycles. The van der Waals surface area contributed by atoms with Crippen molar-refractivity contribution >= 4 is 51.5 Å². The smallest absolute Gasteiger partial charge is 0.282 e. The first kappa shape index (κ1) is 15.7. The van der Waals surface area contributed by atoms with E-state index in [4.69, 9.17) is 11.6 Å². The molecule has 0 aliphatic carbocycles. The Kier molecular flexibility index (Phi) is 4.79. The van der Waals surface area contributed by atoms with Gasteiger partial charge in [-0.3, -0.25) is 14.9 Å². The number of nitrogens with zero attached hydrogens (tertiary/aromatic N) is 2. The van der Waals surface area contributed by atoms with E-state index < -0.39 is 10.8 Å². The van der Waals surface area contributed by atoms with Crippen molar-refractivity contribution < 1.29 is 9.72 Å². The van der Waals surface area contributed by atoms with Gasteiger partial charge >= 0.3 is 0 Å². The van der Waals surface area contributed by atoms with Gasteiger partial charge in [-0.15, -0.1) is 0 Å². The van der Waals surface area contributed by atoms with E-state index in [1.165, 1.54) is 23.1 Å². The molecular weight excluding hydrogens is 407 g/mol. The summed E-state index contributed by atoms with van der Waals surface area (Å²) < 4.78 is 0.871. The number of amides is 1. The number of carbonyl (C=O) groups excluding carboxylic acids is 1. The van der Waals surface area contributed by atoms with Gasteiger partial charge in [0.05, 0.1) is 10.6 Å². The number of hydrogen-bond donors (Lipinski definition) is 0. The van der Waals surface area contributed by atoms with Crippen LogP contribution in [0, 0.1) is 13.7 Å². The number of carbonyl (C=O) groups is 1. The van der Waals surface area contributed by atoms with Gasteiger partial charge in [0, 0.05) is 21.7 Å². The number of para-hydroxylation sites is 1. The van der Waals surface area contributed by atoms with Crippen molar-refractivity contribution in [3.63, 3.8) is 0 Å². The summed E-state index contributed by atoms with van der Waals surface area (Å²) in [5, 5.41) is 11.3. The van der Waals surface area contributed by atoms with Crippen molar-refractivity contribution in [1.29, 1.82) is 0 Å². The summed E-state index contributed by atoms with van der Waals surface area (Å²) >= 11 is 7.96. The zero-order chi connectivity index (χ0) is 15.6. The highest BCUT2D eigenvalue weighted by Crippen LogP contribution is 2.27.